The highest BCUT2D eigenvalue weighted by Crippen LogP contribution is 2.29. The lowest BCUT2D eigenvalue weighted by Crippen LogP contribution is -2.42. The SMILES string of the molecule is Cc1ccc(NC(=O)C(C)(C)Oc2ccc(Cl)cc2)cc1N1CCCCC1=O. The van der Waals surface area contributed by atoms with Crippen LogP contribution in [0.3, 0.4) is 0 Å². The number of hydrogen-bond acceptors (Lipinski definition) is 3. The number of halogens is 1. The van der Waals surface area contributed by atoms with E-state index in [1.54, 1.807) is 38.1 Å². The third kappa shape index (κ3) is 4.65. The van der Waals surface area contributed by atoms with Crippen molar-refractivity contribution in [2.75, 3.05) is 16.8 Å². The Morgan fingerprint density at radius 3 is 2.54 bits per heavy atom. The van der Waals surface area contributed by atoms with Crippen LogP contribution in [0.2, 0.25) is 5.02 Å². The molecule has 0 aromatic heterocycles. The van der Waals surface area contributed by atoms with Gasteiger partial charge in [-0.1, -0.05) is 17.7 Å². The Kier molecular flexibility index (Phi) is 5.94. The minimum atomic E-state index is -1.08. The van der Waals surface area contributed by atoms with Crippen LogP contribution in [0, 0.1) is 6.92 Å². The number of amides is 2. The molecule has 1 aliphatic rings. The number of nitrogens with zero attached hydrogens (tertiary/aromatic N) is 1. The van der Waals surface area contributed by atoms with Crippen molar-refractivity contribution in [3.8, 4) is 5.75 Å². The van der Waals surface area contributed by atoms with Gasteiger partial charge in [0.25, 0.3) is 5.91 Å². The van der Waals surface area contributed by atoms with Gasteiger partial charge in [0.05, 0.1) is 0 Å². The van der Waals surface area contributed by atoms with Gasteiger partial charge in [0.1, 0.15) is 5.75 Å². The average Bonchev–Trinajstić information content (AvgIpc) is 2.65. The van der Waals surface area contributed by atoms with E-state index in [-0.39, 0.29) is 11.8 Å². The van der Waals surface area contributed by atoms with Crippen LogP contribution in [0.1, 0.15) is 38.7 Å². The van der Waals surface area contributed by atoms with E-state index in [0.717, 1.165) is 24.1 Å². The quantitative estimate of drug-likeness (QED) is 0.771. The van der Waals surface area contributed by atoms with E-state index in [1.165, 1.54) is 0 Å². The molecule has 1 N–H and O–H groups in total. The van der Waals surface area contributed by atoms with E-state index in [9.17, 15) is 9.59 Å². The Morgan fingerprint density at radius 2 is 1.86 bits per heavy atom. The van der Waals surface area contributed by atoms with Crippen molar-refractivity contribution in [3.63, 3.8) is 0 Å². The summed E-state index contributed by atoms with van der Waals surface area (Å²) in [5.41, 5.74) is 1.40. The number of ether oxygens (including phenoxy) is 1. The number of nitrogens with one attached hydrogen (secondary N) is 1. The molecule has 0 unspecified atom stereocenters. The van der Waals surface area contributed by atoms with Crippen molar-refractivity contribution in [1.29, 1.82) is 0 Å². The largest absolute Gasteiger partial charge is 0.478 e. The summed E-state index contributed by atoms with van der Waals surface area (Å²) in [6.45, 7) is 6.10. The lowest BCUT2D eigenvalue weighted by molar-refractivity contribution is -0.128. The molecule has 0 radical (unpaired) electrons. The summed E-state index contributed by atoms with van der Waals surface area (Å²) in [5, 5.41) is 3.51. The highest BCUT2D eigenvalue weighted by atomic mass is 35.5. The van der Waals surface area contributed by atoms with Crippen LogP contribution in [0.25, 0.3) is 0 Å². The fourth-order valence-corrected chi connectivity index (χ4v) is 3.29. The first kappa shape index (κ1) is 20.2. The van der Waals surface area contributed by atoms with Gasteiger partial charge in [-0.25, -0.2) is 0 Å². The number of aryl methyl sites for hydroxylation is 1. The van der Waals surface area contributed by atoms with Crippen molar-refractivity contribution in [1.82, 2.24) is 0 Å². The second kappa shape index (κ2) is 8.23. The smallest absolute Gasteiger partial charge is 0.267 e. The third-order valence-electron chi connectivity index (χ3n) is 4.81. The Bertz CT molecular complexity index is 878. The number of rotatable bonds is 5. The van der Waals surface area contributed by atoms with Crippen molar-refractivity contribution in [3.05, 3.63) is 53.1 Å². The number of carbonyl (C=O) groups excluding carboxylic acids is 2. The van der Waals surface area contributed by atoms with E-state index in [4.69, 9.17) is 16.3 Å². The fourth-order valence-electron chi connectivity index (χ4n) is 3.16. The van der Waals surface area contributed by atoms with Gasteiger partial charge in [-0.2, -0.15) is 0 Å². The summed E-state index contributed by atoms with van der Waals surface area (Å²) in [6.07, 6.45) is 2.49. The molecule has 1 saturated heterocycles. The summed E-state index contributed by atoms with van der Waals surface area (Å²) in [7, 11) is 0. The number of carbonyl (C=O) groups is 2. The van der Waals surface area contributed by atoms with Crippen LogP contribution >= 0.6 is 11.6 Å². The van der Waals surface area contributed by atoms with E-state index in [1.807, 2.05) is 30.0 Å². The molecule has 0 spiro atoms. The van der Waals surface area contributed by atoms with Gasteiger partial charge in [0.15, 0.2) is 5.60 Å². The van der Waals surface area contributed by atoms with Crippen LogP contribution in [-0.2, 0) is 9.59 Å². The molecule has 1 aliphatic heterocycles. The molecule has 3 rings (SSSR count). The standard InChI is InChI=1S/C22H25ClN2O3/c1-15-7-10-17(14-19(15)25-13-5-4-6-20(25)26)24-21(27)22(2,3)28-18-11-8-16(23)9-12-18/h7-12,14H,4-6,13H2,1-3H3,(H,24,27). The van der Waals surface area contributed by atoms with Crippen molar-refractivity contribution in [2.45, 2.75) is 45.6 Å². The molecule has 5 nitrogen and oxygen atoms in total. The van der Waals surface area contributed by atoms with E-state index in [2.05, 4.69) is 5.32 Å². The van der Waals surface area contributed by atoms with Crippen molar-refractivity contribution in [2.24, 2.45) is 0 Å². The zero-order chi connectivity index (χ0) is 20.3. The lowest BCUT2D eigenvalue weighted by atomic mass is 10.1. The highest BCUT2D eigenvalue weighted by Gasteiger charge is 2.30. The summed E-state index contributed by atoms with van der Waals surface area (Å²) < 4.78 is 5.84. The highest BCUT2D eigenvalue weighted by molar-refractivity contribution is 6.30. The molecule has 1 fully saturated rings. The maximum atomic E-state index is 12.8. The molecule has 6 heteroatoms. The second-order valence-corrected chi connectivity index (χ2v) is 7.96. The Labute approximate surface area is 170 Å². The van der Waals surface area contributed by atoms with Crippen molar-refractivity contribution < 1.29 is 14.3 Å². The summed E-state index contributed by atoms with van der Waals surface area (Å²) in [5.74, 6) is 0.416. The van der Waals surface area contributed by atoms with Crippen LogP contribution in [-0.4, -0.2) is 24.0 Å². The first-order chi connectivity index (χ1) is 13.3. The maximum Gasteiger partial charge on any atom is 0.267 e. The van der Waals surface area contributed by atoms with Crippen LogP contribution in [0.15, 0.2) is 42.5 Å². The summed E-state index contributed by atoms with van der Waals surface area (Å²) in [6, 6.07) is 12.5. The molecule has 1 heterocycles. The average molecular weight is 401 g/mol. The normalized spacial score (nSPS) is 14.7. The minimum absolute atomic E-state index is 0.129. The van der Waals surface area contributed by atoms with Crippen LogP contribution < -0.4 is 15.0 Å². The van der Waals surface area contributed by atoms with Gasteiger partial charge in [-0.3, -0.25) is 9.59 Å². The predicted molar refractivity (Wildman–Crippen MR) is 112 cm³/mol. The van der Waals surface area contributed by atoms with Gasteiger partial charge in [-0.15, -0.1) is 0 Å². The maximum absolute atomic E-state index is 12.8. The Balaban J connectivity index is 1.75. The summed E-state index contributed by atoms with van der Waals surface area (Å²) in [4.78, 5) is 26.9. The van der Waals surface area contributed by atoms with E-state index >= 15 is 0 Å². The zero-order valence-electron chi connectivity index (χ0n) is 16.4. The molecule has 2 aromatic rings. The molecule has 148 valence electrons. The Hall–Kier alpha value is -2.53. The molecule has 28 heavy (non-hydrogen) atoms. The van der Waals surface area contributed by atoms with Crippen LogP contribution in [0.5, 0.6) is 5.75 Å². The molecular formula is C22H25ClN2O3. The number of benzene rings is 2. The third-order valence-corrected chi connectivity index (χ3v) is 5.07. The molecule has 0 bridgehead atoms. The van der Waals surface area contributed by atoms with Gasteiger partial charge < -0.3 is 15.0 Å². The molecule has 2 aromatic carbocycles. The van der Waals surface area contributed by atoms with Gasteiger partial charge in [0, 0.05) is 29.4 Å². The van der Waals surface area contributed by atoms with E-state index < -0.39 is 5.60 Å². The Morgan fingerprint density at radius 1 is 1.14 bits per heavy atom. The second-order valence-electron chi connectivity index (χ2n) is 7.52. The molecule has 0 aliphatic carbocycles. The molecule has 0 saturated carbocycles. The molecular weight excluding hydrogens is 376 g/mol. The van der Waals surface area contributed by atoms with E-state index in [0.29, 0.717) is 29.4 Å². The van der Waals surface area contributed by atoms with Gasteiger partial charge in [-0.05, 0) is 75.6 Å². The van der Waals surface area contributed by atoms with Gasteiger partial charge >= 0.3 is 0 Å². The predicted octanol–water partition coefficient (Wildman–Crippen LogP) is 4.96. The number of hydrogen-bond donors (Lipinski definition) is 1. The minimum Gasteiger partial charge on any atom is -0.478 e. The monoisotopic (exact) mass is 400 g/mol. The van der Waals surface area contributed by atoms with Gasteiger partial charge in [0.2, 0.25) is 5.91 Å². The number of anilines is 2. The molecule has 0 atom stereocenters. The first-order valence-corrected chi connectivity index (χ1v) is 9.81. The summed E-state index contributed by atoms with van der Waals surface area (Å²) >= 11 is 5.89. The van der Waals surface area contributed by atoms with Crippen molar-refractivity contribution >= 4 is 34.8 Å². The topological polar surface area (TPSA) is 58.6 Å². The molecule has 2 amide bonds. The lowest BCUT2D eigenvalue weighted by Gasteiger charge is -2.29. The number of piperidine rings is 1. The fraction of sp³-hybridized carbons (Fsp3) is 0.364. The van der Waals surface area contributed by atoms with Crippen LogP contribution in [0.4, 0.5) is 11.4 Å². The first-order valence-electron chi connectivity index (χ1n) is 9.43. The zero-order valence-corrected chi connectivity index (χ0v) is 17.2.